The quantitative estimate of drug-likeness (QED) is 0.581. The third-order valence-electron chi connectivity index (χ3n) is 2.59. The first-order valence-corrected chi connectivity index (χ1v) is 6.11. The lowest BCUT2D eigenvalue weighted by atomic mass is 9.98. The first kappa shape index (κ1) is 12.6. The Balaban J connectivity index is 2.71. The summed E-state index contributed by atoms with van der Waals surface area (Å²) in [5.41, 5.74) is 8.25. The second-order valence-corrected chi connectivity index (χ2v) is 4.85. The fraction of sp³-hybridized carbons (Fsp3) is 0.538. The number of benzene rings is 1. The molecule has 84 valence electrons. The molecule has 0 bridgehead atoms. The summed E-state index contributed by atoms with van der Waals surface area (Å²) < 4.78 is 0. The summed E-state index contributed by atoms with van der Waals surface area (Å²) in [6.07, 6.45) is 3.39. The average molecular weight is 223 g/mol. The highest BCUT2D eigenvalue weighted by atomic mass is 32.1. The molecule has 15 heavy (non-hydrogen) atoms. The molecule has 0 aliphatic heterocycles. The van der Waals surface area contributed by atoms with E-state index in [-0.39, 0.29) is 0 Å². The third-order valence-corrected chi connectivity index (χ3v) is 2.84. The number of rotatable bonds is 5. The smallest absolute Gasteiger partial charge is 0.00455 e. The molecule has 0 saturated heterocycles. The van der Waals surface area contributed by atoms with Crippen molar-refractivity contribution < 1.29 is 0 Å². The molecule has 0 saturated carbocycles. The summed E-state index contributed by atoms with van der Waals surface area (Å²) >= 11 is 4.44. The molecular formula is C13H21NS. The Kier molecular flexibility index (Phi) is 5.20. The van der Waals surface area contributed by atoms with Crippen LogP contribution >= 0.6 is 12.6 Å². The summed E-state index contributed by atoms with van der Waals surface area (Å²) in [5, 5.41) is 0. The van der Waals surface area contributed by atoms with Crippen molar-refractivity contribution in [3.63, 3.8) is 0 Å². The van der Waals surface area contributed by atoms with Gasteiger partial charge in [-0.3, -0.25) is 0 Å². The van der Waals surface area contributed by atoms with Gasteiger partial charge in [0, 0.05) is 4.90 Å². The Bertz CT molecular complexity index is 307. The predicted molar refractivity (Wildman–Crippen MR) is 69.8 cm³/mol. The van der Waals surface area contributed by atoms with Crippen molar-refractivity contribution in [2.24, 2.45) is 5.73 Å². The highest BCUT2D eigenvalue weighted by Crippen LogP contribution is 2.21. The van der Waals surface area contributed by atoms with Crippen LogP contribution in [0.3, 0.4) is 0 Å². The van der Waals surface area contributed by atoms with Crippen LogP contribution in [0, 0.1) is 0 Å². The number of hydrogen-bond donors (Lipinski definition) is 2. The SMILES string of the molecule is CC(C)c1cc(S)cc(CCCCN)c1. The molecule has 0 heterocycles. The van der Waals surface area contributed by atoms with Gasteiger partial charge < -0.3 is 5.73 Å². The van der Waals surface area contributed by atoms with Crippen molar-refractivity contribution >= 4 is 12.6 Å². The van der Waals surface area contributed by atoms with E-state index in [0.717, 1.165) is 24.3 Å². The Morgan fingerprint density at radius 2 is 1.93 bits per heavy atom. The molecule has 0 radical (unpaired) electrons. The van der Waals surface area contributed by atoms with Gasteiger partial charge in [0.25, 0.3) is 0 Å². The van der Waals surface area contributed by atoms with Crippen molar-refractivity contribution in [2.75, 3.05) is 6.54 Å². The number of hydrogen-bond acceptors (Lipinski definition) is 2. The van der Waals surface area contributed by atoms with Crippen LogP contribution in [0.1, 0.15) is 43.7 Å². The standard InChI is InChI=1S/C13H21NS/c1-10(2)12-7-11(5-3-4-6-14)8-13(15)9-12/h7-10,15H,3-6,14H2,1-2H3. The van der Waals surface area contributed by atoms with Crippen molar-refractivity contribution in [3.8, 4) is 0 Å². The van der Waals surface area contributed by atoms with Gasteiger partial charge in [0.2, 0.25) is 0 Å². The fourth-order valence-corrected chi connectivity index (χ4v) is 1.97. The summed E-state index contributed by atoms with van der Waals surface area (Å²) in [6.45, 7) is 5.22. The van der Waals surface area contributed by atoms with Crippen LogP contribution in [0.5, 0.6) is 0 Å². The molecule has 1 aromatic carbocycles. The Labute approximate surface area is 98.5 Å². The summed E-state index contributed by atoms with van der Waals surface area (Å²) in [6, 6.07) is 6.60. The lowest BCUT2D eigenvalue weighted by molar-refractivity contribution is 0.741. The molecule has 1 nitrogen and oxygen atoms in total. The first-order chi connectivity index (χ1) is 7.13. The Morgan fingerprint density at radius 1 is 1.20 bits per heavy atom. The van der Waals surface area contributed by atoms with E-state index >= 15 is 0 Å². The van der Waals surface area contributed by atoms with Gasteiger partial charge in [-0.2, -0.15) is 0 Å². The Morgan fingerprint density at radius 3 is 2.53 bits per heavy atom. The molecule has 0 fully saturated rings. The normalized spacial score (nSPS) is 11.0. The monoisotopic (exact) mass is 223 g/mol. The molecule has 0 amide bonds. The van der Waals surface area contributed by atoms with E-state index in [2.05, 4.69) is 44.7 Å². The molecule has 0 spiro atoms. The summed E-state index contributed by atoms with van der Waals surface area (Å²) in [7, 11) is 0. The molecule has 1 rings (SSSR count). The molecule has 2 N–H and O–H groups in total. The molecule has 0 aliphatic rings. The minimum atomic E-state index is 0.574. The summed E-state index contributed by atoms with van der Waals surface area (Å²) in [4.78, 5) is 1.07. The van der Waals surface area contributed by atoms with Gasteiger partial charge >= 0.3 is 0 Å². The zero-order valence-electron chi connectivity index (χ0n) is 9.66. The number of thiol groups is 1. The molecule has 0 unspecified atom stereocenters. The third kappa shape index (κ3) is 4.27. The van der Waals surface area contributed by atoms with Gasteiger partial charge in [-0.15, -0.1) is 12.6 Å². The largest absolute Gasteiger partial charge is 0.330 e. The average Bonchev–Trinajstić information content (AvgIpc) is 2.17. The lowest BCUT2D eigenvalue weighted by Crippen LogP contribution is -1.99. The summed E-state index contributed by atoms with van der Waals surface area (Å²) in [5.74, 6) is 0.574. The van der Waals surface area contributed by atoms with Crippen LogP contribution in [0.15, 0.2) is 23.1 Å². The van der Waals surface area contributed by atoms with Crippen LogP contribution in [0.25, 0.3) is 0 Å². The van der Waals surface area contributed by atoms with Crippen LogP contribution in [-0.2, 0) is 6.42 Å². The van der Waals surface area contributed by atoms with E-state index in [9.17, 15) is 0 Å². The second-order valence-electron chi connectivity index (χ2n) is 4.33. The van der Waals surface area contributed by atoms with E-state index in [0.29, 0.717) is 5.92 Å². The number of nitrogens with two attached hydrogens (primary N) is 1. The lowest BCUT2D eigenvalue weighted by Gasteiger charge is -2.09. The Hall–Kier alpha value is -0.470. The van der Waals surface area contributed by atoms with Crippen LogP contribution in [0.4, 0.5) is 0 Å². The highest BCUT2D eigenvalue weighted by Gasteiger charge is 2.02. The maximum Gasteiger partial charge on any atom is 0.00455 e. The van der Waals surface area contributed by atoms with E-state index in [1.54, 1.807) is 0 Å². The van der Waals surface area contributed by atoms with Gasteiger partial charge in [0.05, 0.1) is 0 Å². The molecule has 0 atom stereocenters. The van der Waals surface area contributed by atoms with Gasteiger partial charge in [0.15, 0.2) is 0 Å². The molecule has 0 aromatic heterocycles. The van der Waals surface area contributed by atoms with Crippen LogP contribution in [0.2, 0.25) is 0 Å². The van der Waals surface area contributed by atoms with Gasteiger partial charge in [-0.1, -0.05) is 19.9 Å². The fourth-order valence-electron chi connectivity index (χ4n) is 1.65. The van der Waals surface area contributed by atoms with Crippen molar-refractivity contribution in [3.05, 3.63) is 29.3 Å². The second kappa shape index (κ2) is 6.19. The predicted octanol–water partition coefficient (Wildman–Crippen LogP) is 3.38. The number of unbranched alkanes of at least 4 members (excludes halogenated alkanes) is 1. The van der Waals surface area contributed by atoms with Gasteiger partial charge in [-0.25, -0.2) is 0 Å². The van der Waals surface area contributed by atoms with Crippen LogP contribution < -0.4 is 5.73 Å². The van der Waals surface area contributed by atoms with Gasteiger partial charge in [0.1, 0.15) is 0 Å². The molecule has 2 heteroatoms. The van der Waals surface area contributed by atoms with Crippen molar-refractivity contribution in [1.82, 2.24) is 0 Å². The van der Waals surface area contributed by atoms with E-state index in [4.69, 9.17) is 5.73 Å². The minimum Gasteiger partial charge on any atom is -0.330 e. The maximum atomic E-state index is 5.49. The van der Waals surface area contributed by atoms with Crippen molar-refractivity contribution in [2.45, 2.75) is 43.9 Å². The molecular weight excluding hydrogens is 202 g/mol. The minimum absolute atomic E-state index is 0.574. The van der Waals surface area contributed by atoms with E-state index in [1.807, 2.05) is 0 Å². The zero-order valence-corrected chi connectivity index (χ0v) is 10.6. The van der Waals surface area contributed by atoms with E-state index < -0.39 is 0 Å². The molecule has 0 aliphatic carbocycles. The van der Waals surface area contributed by atoms with Crippen LogP contribution in [-0.4, -0.2) is 6.54 Å². The van der Waals surface area contributed by atoms with Gasteiger partial charge in [-0.05, 0) is 55.0 Å². The topological polar surface area (TPSA) is 26.0 Å². The maximum absolute atomic E-state index is 5.49. The zero-order chi connectivity index (χ0) is 11.3. The first-order valence-electron chi connectivity index (χ1n) is 5.66. The van der Waals surface area contributed by atoms with Crippen molar-refractivity contribution in [1.29, 1.82) is 0 Å². The van der Waals surface area contributed by atoms with E-state index in [1.165, 1.54) is 17.5 Å². The number of aryl methyl sites for hydroxylation is 1. The highest BCUT2D eigenvalue weighted by molar-refractivity contribution is 7.80. The molecule has 1 aromatic rings.